The van der Waals surface area contributed by atoms with Gasteiger partial charge in [0.2, 0.25) is 0 Å². The number of nitriles is 1. The summed E-state index contributed by atoms with van der Waals surface area (Å²) in [6.45, 7) is -0.0705. The monoisotopic (exact) mass is 343 g/mol. The van der Waals surface area contributed by atoms with Gasteiger partial charge >= 0.3 is 5.97 Å². The van der Waals surface area contributed by atoms with Gasteiger partial charge in [-0.25, -0.2) is 4.79 Å². The molecule has 24 heavy (non-hydrogen) atoms. The lowest BCUT2D eigenvalue weighted by molar-refractivity contribution is -0.128. The molecule has 2 aromatic rings. The number of halogens is 1. The van der Waals surface area contributed by atoms with Gasteiger partial charge in [0.25, 0.3) is 0 Å². The standard InChI is InChI=1S/C18H14ClNO4/c1-22-17-12-13(2-8-16(17)23-11-10-20)3-9-18(21)24-15-6-4-14(19)5-7-15/h2-9,12H,11H2,1H3. The fourth-order valence-electron chi connectivity index (χ4n) is 1.83. The van der Waals surface area contributed by atoms with Gasteiger partial charge in [-0.1, -0.05) is 17.7 Å². The van der Waals surface area contributed by atoms with Gasteiger partial charge in [-0.15, -0.1) is 0 Å². The third-order valence-corrected chi connectivity index (χ3v) is 3.18. The van der Waals surface area contributed by atoms with Crippen LogP contribution in [-0.2, 0) is 4.79 Å². The van der Waals surface area contributed by atoms with Crippen LogP contribution in [0.4, 0.5) is 0 Å². The molecule has 0 unspecified atom stereocenters. The topological polar surface area (TPSA) is 68.6 Å². The van der Waals surface area contributed by atoms with Crippen molar-refractivity contribution < 1.29 is 19.0 Å². The Labute approximate surface area is 144 Å². The van der Waals surface area contributed by atoms with Crippen molar-refractivity contribution in [3.05, 3.63) is 59.1 Å². The van der Waals surface area contributed by atoms with Crippen molar-refractivity contribution in [3.8, 4) is 23.3 Å². The average molecular weight is 344 g/mol. The van der Waals surface area contributed by atoms with Crippen LogP contribution < -0.4 is 14.2 Å². The molecule has 6 heteroatoms. The normalized spacial score (nSPS) is 10.2. The number of methoxy groups -OCH3 is 1. The number of nitrogens with zero attached hydrogens (tertiary/aromatic N) is 1. The van der Waals surface area contributed by atoms with Crippen LogP contribution in [0.3, 0.4) is 0 Å². The van der Waals surface area contributed by atoms with E-state index in [0.717, 1.165) is 5.56 Å². The second kappa shape index (κ2) is 8.61. The number of carbonyl (C=O) groups is 1. The Morgan fingerprint density at radius 1 is 1.21 bits per heavy atom. The SMILES string of the molecule is COc1cc(C=CC(=O)Oc2ccc(Cl)cc2)ccc1OCC#N. The lowest BCUT2D eigenvalue weighted by Crippen LogP contribution is -2.03. The Bertz CT molecular complexity index is 779. The van der Waals surface area contributed by atoms with Crippen molar-refractivity contribution in [2.45, 2.75) is 0 Å². The summed E-state index contributed by atoms with van der Waals surface area (Å²) in [5.74, 6) is 0.825. The van der Waals surface area contributed by atoms with Gasteiger partial charge < -0.3 is 14.2 Å². The van der Waals surface area contributed by atoms with E-state index in [1.807, 2.05) is 6.07 Å². The van der Waals surface area contributed by atoms with Crippen LogP contribution in [-0.4, -0.2) is 19.7 Å². The van der Waals surface area contributed by atoms with E-state index in [2.05, 4.69) is 0 Å². The molecule has 0 heterocycles. The van der Waals surface area contributed by atoms with Crippen LogP contribution in [0.1, 0.15) is 5.56 Å². The first-order chi connectivity index (χ1) is 11.6. The molecule has 0 amide bonds. The minimum atomic E-state index is -0.513. The molecule has 122 valence electrons. The van der Waals surface area contributed by atoms with Gasteiger partial charge in [0.05, 0.1) is 7.11 Å². The van der Waals surface area contributed by atoms with Crippen LogP contribution in [0.5, 0.6) is 17.2 Å². The van der Waals surface area contributed by atoms with Crippen molar-refractivity contribution in [1.29, 1.82) is 5.26 Å². The van der Waals surface area contributed by atoms with Crippen LogP contribution in [0.15, 0.2) is 48.5 Å². The van der Waals surface area contributed by atoms with E-state index in [1.165, 1.54) is 13.2 Å². The molecular weight excluding hydrogens is 330 g/mol. The number of carbonyl (C=O) groups excluding carboxylic acids is 1. The van der Waals surface area contributed by atoms with Gasteiger partial charge in [0, 0.05) is 11.1 Å². The Hall–Kier alpha value is -2.97. The first-order valence-corrected chi connectivity index (χ1v) is 7.33. The van der Waals surface area contributed by atoms with Crippen molar-refractivity contribution in [3.63, 3.8) is 0 Å². The summed E-state index contributed by atoms with van der Waals surface area (Å²) in [7, 11) is 1.50. The smallest absolute Gasteiger partial charge is 0.336 e. The molecule has 0 radical (unpaired) electrons. The maximum atomic E-state index is 11.8. The summed E-state index contributed by atoms with van der Waals surface area (Å²) in [5, 5.41) is 9.11. The highest BCUT2D eigenvalue weighted by molar-refractivity contribution is 6.30. The summed E-state index contributed by atoms with van der Waals surface area (Å²) in [6.07, 6.45) is 2.90. The predicted octanol–water partition coefficient (Wildman–Crippen LogP) is 3.87. The van der Waals surface area contributed by atoms with Gasteiger partial charge in [-0.05, 0) is 48.0 Å². The van der Waals surface area contributed by atoms with E-state index in [1.54, 1.807) is 48.5 Å². The Kier molecular flexibility index (Phi) is 6.23. The third kappa shape index (κ3) is 5.04. The molecule has 0 spiro atoms. The van der Waals surface area contributed by atoms with Crippen molar-refractivity contribution in [1.82, 2.24) is 0 Å². The summed E-state index contributed by atoms with van der Waals surface area (Å²) >= 11 is 5.77. The number of hydrogen-bond acceptors (Lipinski definition) is 5. The molecule has 2 aromatic carbocycles. The quantitative estimate of drug-likeness (QED) is 0.452. The average Bonchev–Trinajstić information content (AvgIpc) is 2.60. The molecule has 0 bridgehead atoms. The van der Waals surface area contributed by atoms with E-state index in [0.29, 0.717) is 22.3 Å². The van der Waals surface area contributed by atoms with Crippen LogP contribution in [0.2, 0.25) is 5.02 Å². The first kappa shape index (κ1) is 17.4. The molecule has 0 aliphatic rings. The van der Waals surface area contributed by atoms with Crippen LogP contribution in [0, 0.1) is 11.3 Å². The minimum Gasteiger partial charge on any atom is -0.493 e. The summed E-state index contributed by atoms with van der Waals surface area (Å²) in [5.41, 5.74) is 0.726. The highest BCUT2D eigenvalue weighted by Crippen LogP contribution is 2.28. The Balaban J connectivity index is 2.03. The van der Waals surface area contributed by atoms with E-state index in [9.17, 15) is 4.79 Å². The van der Waals surface area contributed by atoms with Crippen LogP contribution >= 0.6 is 11.6 Å². The molecule has 0 N–H and O–H groups in total. The third-order valence-electron chi connectivity index (χ3n) is 2.92. The molecule has 0 saturated carbocycles. The van der Waals surface area contributed by atoms with Gasteiger partial charge in [-0.3, -0.25) is 0 Å². The van der Waals surface area contributed by atoms with Gasteiger partial charge in [-0.2, -0.15) is 5.26 Å². The first-order valence-electron chi connectivity index (χ1n) is 6.95. The molecule has 2 rings (SSSR count). The summed E-state index contributed by atoms with van der Waals surface area (Å²) in [6, 6.07) is 13.5. The summed E-state index contributed by atoms with van der Waals surface area (Å²) < 4.78 is 15.6. The highest BCUT2D eigenvalue weighted by Gasteiger charge is 2.05. The summed E-state index contributed by atoms with van der Waals surface area (Å²) in [4.78, 5) is 11.8. The molecule has 0 atom stereocenters. The van der Waals surface area contributed by atoms with E-state index in [4.69, 9.17) is 31.1 Å². The number of benzene rings is 2. The number of esters is 1. The zero-order chi connectivity index (χ0) is 17.4. The molecule has 0 aromatic heterocycles. The zero-order valence-electron chi connectivity index (χ0n) is 12.9. The second-order valence-corrected chi connectivity index (χ2v) is 5.00. The predicted molar refractivity (Wildman–Crippen MR) is 90.2 cm³/mol. The fourth-order valence-corrected chi connectivity index (χ4v) is 1.96. The fraction of sp³-hybridized carbons (Fsp3) is 0.111. The minimum absolute atomic E-state index is 0.0705. The van der Waals surface area contributed by atoms with E-state index >= 15 is 0 Å². The number of ether oxygens (including phenoxy) is 3. The zero-order valence-corrected chi connectivity index (χ0v) is 13.6. The molecule has 5 nitrogen and oxygen atoms in total. The number of rotatable bonds is 6. The lowest BCUT2D eigenvalue weighted by Gasteiger charge is -2.08. The highest BCUT2D eigenvalue weighted by atomic mass is 35.5. The Morgan fingerprint density at radius 2 is 1.96 bits per heavy atom. The van der Waals surface area contributed by atoms with E-state index in [-0.39, 0.29) is 6.61 Å². The molecule has 0 fully saturated rings. The maximum Gasteiger partial charge on any atom is 0.336 e. The van der Waals surface area contributed by atoms with E-state index < -0.39 is 5.97 Å². The van der Waals surface area contributed by atoms with Crippen molar-refractivity contribution in [2.75, 3.05) is 13.7 Å². The van der Waals surface area contributed by atoms with Gasteiger partial charge in [0.15, 0.2) is 18.1 Å². The molecule has 0 aliphatic heterocycles. The largest absolute Gasteiger partial charge is 0.493 e. The second-order valence-electron chi connectivity index (χ2n) is 4.57. The molecule has 0 aliphatic carbocycles. The number of hydrogen-bond donors (Lipinski definition) is 0. The maximum absolute atomic E-state index is 11.8. The van der Waals surface area contributed by atoms with Gasteiger partial charge in [0.1, 0.15) is 11.8 Å². The van der Waals surface area contributed by atoms with Crippen LogP contribution in [0.25, 0.3) is 6.08 Å². The lowest BCUT2D eigenvalue weighted by atomic mass is 10.2. The molecular formula is C18H14ClNO4. The van der Waals surface area contributed by atoms with Crippen molar-refractivity contribution in [2.24, 2.45) is 0 Å². The Morgan fingerprint density at radius 3 is 2.62 bits per heavy atom. The molecule has 0 saturated heterocycles. The van der Waals surface area contributed by atoms with Crippen molar-refractivity contribution >= 4 is 23.6 Å².